The monoisotopic (exact) mass is 500 g/mol. The minimum atomic E-state index is -1.56. The van der Waals surface area contributed by atoms with Gasteiger partial charge in [0.25, 0.3) is 0 Å². The Labute approximate surface area is 204 Å². The number of nitrogens with zero attached hydrogens (tertiary/aromatic N) is 2. The van der Waals surface area contributed by atoms with E-state index in [1.165, 1.54) is 12.1 Å². The summed E-state index contributed by atoms with van der Waals surface area (Å²) < 4.78 is 42.4. The highest BCUT2D eigenvalue weighted by Gasteiger charge is 2.34. The molecule has 1 saturated heterocycles. The fraction of sp³-hybridized carbons (Fsp3) is 0.583. The fourth-order valence-corrected chi connectivity index (χ4v) is 4.09. The topological polar surface area (TPSA) is 74.2 Å². The fourth-order valence-electron chi connectivity index (χ4n) is 3.23. The molecule has 9 heteroatoms. The third-order valence-corrected chi connectivity index (χ3v) is 6.59. The van der Waals surface area contributed by atoms with Gasteiger partial charge in [0.1, 0.15) is 45.6 Å². The Morgan fingerprint density at radius 2 is 1.91 bits per heavy atom. The van der Waals surface area contributed by atoms with Crippen LogP contribution in [0.5, 0.6) is 5.75 Å². The van der Waals surface area contributed by atoms with Crippen molar-refractivity contribution in [2.45, 2.75) is 64.7 Å². The lowest BCUT2D eigenvalue weighted by Crippen LogP contribution is -2.43. The molecule has 1 heterocycles. The molecule has 0 radical (unpaired) electrons. The van der Waals surface area contributed by atoms with Crippen molar-refractivity contribution in [3.05, 3.63) is 41.2 Å². The molecule has 1 fully saturated rings. The summed E-state index contributed by atoms with van der Waals surface area (Å²) in [6.07, 6.45) is 2.35. The van der Waals surface area contributed by atoms with E-state index in [2.05, 4.69) is 11.0 Å². The SMILES string of the molecule is C=CCOc1cc(F)c(Cl)cc1C(=N[S+]([O-])C(C)(C)C)C1CCN(C(=O)OC(C)(C)C)CC1. The Morgan fingerprint density at radius 1 is 1.30 bits per heavy atom. The minimum absolute atomic E-state index is 0.0728. The third kappa shape index (κ3) is 7.90. The average molecular weight is 501 g/mol. The number of halogens is 2. The normalized spacial score (nSPS) is 17.0. The molecular weight excluding hydrogens is 467 g/mol. The lowest BCUT2D eigenvalue weighted by Gasteiger charge is -2.34. The summed E-state index contributed by atoms with van der Waals surface area (Å²) in [5.74, 6) is -0.478. The summed E-state index contributed by atoms with van der Waals surface area (Å²) >= 11 is 4.55. The zero-order valence-electron chi connectivity index (χ0n) is 20.2. The molecule has 0 aliphatic carbocycles. The molecule has 0 saturated carbocycles. The van der Waals surface area contributed by atoms with Crippen LogP contribution in [0.1, 0.15) is 59.9 Å². The lowest BCUT2D eigenvalue weighted by atomic mass is 9.88. The van der Waals surface area contributed by atoms with Crippen LogP contribution in [0.4, 0.5) is 9.18 Å². The molecule has 1 aromatic carbocycles. The number of carbonyl (C=O) groups is 1. The number of amides is 1. The summed E-state index contributed by atoms with van der Waals surface area (Å²) in [5.41, 5.74) is 0.455. The molecular formula is C24H34ClFN2O4S. The molecule has 1 aliphatic heterocycles. The maximum atomic E-state index is 14.2. The number of carbonyl (C=O) groups excluding carboxylic acids is 1. The Bertz CT molecular complexity index is 888. The molecule has 1 unspecified atom stereocenters. The van der Waals surface area contributed by atoms with E-state index in [-0.39, 0.29) is 29.4 Å². The summed E-state index contributed by atoms with van der Waals surface area (Å²) in [7, 11) is 0. The van der Waals surface area contributed by atoms with Gasteiger partial charge < -0.3 is 18.9 Å². The second-order valence-corrected chi connectivity index (χ2v) is 12.3. The smallest absolute Gasteiger partial charge is 0.410 e. The van der Waals surface area contributed by atoms with Crippen LogP contribution >= 0.6 is 11.6 Å². The number of likely N-dealkylation sites (tertiary alicyclic amines) is 1. The predicted octanol–water partition coefficient (Wildman–Crippen LogP) is 5.94. The van der Waals surface area contributed by atoms with Crippen molar-refractivity contribution in [1.82, 2.24) is 4.90 Å². The van der Waals surface area contributed by atoms with Crippen LogP contribution in [-0.2, 0) is 16.1 Å². The molecule has 6 nitrogen and oxygen atoms in total. The molecule has 184 valence electrons. The van der Waals surface area contributed by atoms with Crippen molar-refractivity contribution in [2.24, 2.45) is 10.3 Å². The van der Waals surface area contributed by atoms with E-state index in [0.717, 1.165) is 0 Å². The Hall–Kier alpha value is -1.77. The number of rotatable bonds is 6. The largest absolute Gasteiger partial charge is 0.591 e. The number of piperidine rings is 1. The standard InChI is InChI=1S/C24H34ClFN2O4S/c1-8-13-31-20-15-19(26)18(25)14-17(20)21(27-33(30)24(5,6)7)16-9-11-28(12-10-16)22(29)32-23(2,3)4/h8,14-16H,1,9-13H2,2-7H3. The van der Waals surface area contributed by atoms with Crippen LogP contribution in [0.15, 0.2) is 29.2 Å². The molecule has 0 spiro atoms. The first kappa shape index (κ1) is 27.5. The first-order valence-electron chi connectivity index (χ1n) is 10.9. The highest BCUT2D eigenvalue weighted by molar-refractivity contribution is 7.91. The predicted molar refractivity (Wildman–Crippen MR) is 132 cm³/mol. The maximum absolute atomic E-state index is 14.2. The van der Waals surface area contributed by atoms with Crippen LogP contribution < -0.4 is 4.74 Å². The first-order chi connectivity index (χ1) is 15.2. The summed E-state index contributed by atoms with van der Waals surface area (Å²) in [4.78, 5) is 14.1. The van der Waals surface area contributed by atoms with Gasteiger partial charge >= 0.3 is 6.09 Å². The van der Waals surface area contributed by atoms with Gasteiger partial charge in [0.05, 0.1) is 5.02 Å². The summed E-state index contributed by atoms with van der Waals surface area (Å²) in [6, 6.07) is 2.68. The highest BCUT2D eigenvalue weighted by Crippen LogP contribution is 2.33. The van der Waals surface area contributed by atoms with Crippen molar-refractivity contribution < 1.29 is 23.2 Å². The van der Waals surface area contributed by atoms with Gasteiger partial charge in [-0.05, 0) is 60.5 Å². The minimum Gasteiger partial charge on any atom is -0.591 e. The highest BCUT2D eigenvalue weighted by atomic mass is 35.5. The number of ether oxygens (including phenoxy) is 2. The molecule has 1 atom stereocenters. The summed E-state index contributed by atoms with van der Waals surface area (Å²) in [5, 5.41) is -0.0728. The number of hydrogen-bond donors (Lipinski definition) is 0. The summed E-state index contributed by atoms with van der Waals surface area (Å²) in [6.45, 7) is 15.7. The molecule has 1 amide bonds. The van der Waals surface area contributed by atoms with E-state index in [4.69, 9.17) is 21.1 Å². The molecule has 1 aliphatic rings. The number of hydrogen-bond acceptors (Lipinski definition) is 5. The van der Waals surface area contributed by atoms with E-state index < -0.39 is 27.5 Å². The van der Waals surface area contributed by atoms with Gasteiger partial charge in [0.2, 0.25) is 0 Å². The molecule has 1 aromatic rings. The number of benzene rings is 1. The zero-order chi connectivity index (χ0) is 25.0. The van der Waals surface area contributed by atoms with E-state index in [0.29, 0.717) is 37.2 Å². The van der Waals surface area contributed by atoms with Gasteiger partial charge in [-0.15, -0.1) is 0 Å². The average Bonchev–Trinajstić information content (AvgIpc) is 2.70. The van der Waals surface area contributed by atoms with Crippen LogP contribution in [-0.4, -0.2) is 51.3 Å². The molecule has 0 bridgehead atoms. The van der Waals surface area contributed by atoms with E-state index in [9.17, 15) is 13.7 Å². The van der Waals surface area contributed by atoms with Gasteiger partial charge in [0, 0.05) is 30.6 Å². The lowest BCUT2D eigenvalue weighted by molar-refractivity contribution is 0.0202. The van der Waals surface area contributed by atoms with Gasteiger partial charge in [0.15, 0.2) is 0 Å². The van der Waals surface area contributed by atoms with Gasteiger partial charge in [-0.25, -0.2) is 9.18 Å². The van der Waals surface area contributed by atoms with Crippen molar-refractivity contribution in [2.75, 3.05) is 19.7 Å². The molecule has 0 N–H and O–H groups in total. The van der Waals surface area contributed by atoms with Crippen LogP contribution in [0, 0.1) is 11.7 Å². The first-order valence-corrected chi connectivity index (χ1v) is 12.4. The Kier molecular flexibility index (Phi) is 9.24. The van der Waals surface area contributed by atoms with E-state index >= 15 is 0 Å². The second-order valence-electron chi connectivity index (χ2n) is 9.94. The third-order valence-electron chi connectivity index (χ3n) is 4.89. The Morgan fingerprint density at radius 3 is 2.42 bits per heavy atom. The van der Waals surface area contributed by atoms with Crippen molar-refractivity contribution in [3.8, 4) is 5.75 Å². The Balaban J connectivity index is 2.40. The quantitative estimate of drug-likeness (QED) is 0.275. The molecule has 33 heavy (non-hydrogen) atoms. The van der Waals surface area contributed by atoms with Crippen molar-refractivity contribution >= 4 is 34.8 Å². The van der Waals surface area contributed by atoms with E-state index in [1.807, 2.05) is 41.5 Å². The second kappa shape index (κ2) is 11.1. The zero-order valence-corrected chi connectivity index (χ0v) is 21.8. The van der Waals surface area contributed by atoms with Crippen LogP contribution in [0.25, 0.3) is 0 Å². The maximum Gasteiger partial charge on any atom is 0.410 e. The molecule has 0 aromatic heterocycles. The van der Waals surface area contributed by atoms with Crippen LogP contribution in [0.3, 0.4) is 0 Å². The van der Waals surface area contributed by atoms with Crippen LogP contribution in [0.2, 0.25) is 5.02 Å². The van der Waals surface area contributed by atoms with E-state index in [1.54, 1.807) is 11.0 Å². The van der Waals surface area contributed by atoms with Gasteiger partial charge in [-0.2, -0.15) is 0 Å². The van der Waals surface area contributed by atoms with Gasteiger partial charge in [-0.3, -0.25) is 0 Å². The molecule has 2 rings (SSSR count). The van der Waals surface area contributed by atoms with Crippen molar-refractivity contribution in [3.63, 3.8) is 0 Å². The van der Waals surface area contributed by atoms with Crippen molar-refractivity contribution in [1.29, 1.82) is 0 Å². The van der Waals surface area contributed by atoms with Gasteiger partial charge in [-0.1, -0.05) is 28.7 Å².